The normalized spacial score (nSPS) is 11.4. The molecule has 7 heteroatoms. The van der Waals surface area contributed by atoms with E-state index in [1.54, 1.807) is 0 Å². The molecular formula is C12H8BrF3N2O. The average Bonchev–Trinajstić information content (AvgIpc) is 2.33. The molecular weight excluding hydrogens is 325 g/mol. The molecule has 100 valence electrons. The predicted octanol–water partition coefficient (Wildman–Crippen LogP) is 4.24. The summed E-state index contributed by atoms with van der Waals surface area (Å²) >= 11 is 3.20. The zero-order valence-corrected chi connectivity index (χ0v) is 11.0. The third-order valence-electron chi connectivity index (χ3n) is 2.28. The maximum atomic E-state index is 12.4. The quantitative estimate of drug-likeness (QED) is 0.894. The summed E-state index contributed by atoms with van der Waals surface area (Å²) in [5.41, 5.74) is 5.22. The number of nitrogens with zero attached hydrogens (tertiary/aromatic N) is 1. The van der Waals surface area contributed by atoms with Crippen LogP contribution in [-0.4, -0.2) is 4.98 Å². The Morgan fingerprint density at radius 2 is 1.74 bits per heavy atom. The zero-order chi connectivity index (χ0) is 14.0. The fraction of sp³-hybridized carbons (Fsp3) is 0.0833. The summed E-state index contributed by atoms with van der Waals surface area (Å²) in [6, 6.07) is 4.35. The predicted molar refractivity (Wildman–Crippen MR) is 67.9 cm³/mol. The van der Waals surface area contributed by atoms with Crippen LogP contribution in [0.5, 0.6) is 11.5 Å². The fourth-order valence-corrected chi connectivity index (χ4v) is 1.80. The molecule has 0 amide bonds. The number of pyridine rings is 1. The Morgan fingerprint density at radius 1 is 1.11 bits per heavy atom. The Morgan fingerprint density at radius 3 is 2.26 bits per heavy atom. The molecule has 0 aliphatic carbocycles. The third kappa shape index (κ3) is 3.17. The Kier molecular flexibility index (Phi) is 3.66. The number of anilines is 1. The van der Waals surface area contributed by atoms with Gasteiger partial charge in [-0.1, -0.05) is 0 Å². The molecule has 2 aromatic rings. The smallest absolute Gasteiger partial charge is 0.416 e. The summed E-state index contributed by atoms with van der Waals surface area (Å²) in [5, 5.41) is 0. The van der Waals surface area contributed by atoms with E-state index >= 15 is 0 Å². The molecule has 0 saturated carbocycles. The minimum absolute atomic E-state index is 0.256. The lowest BCUT2D eigenvalue weighted by Crippen LogP contribution is -2.04. The number of nitrogens with two attached hydrogens (primary N) is 1. The van der Waals surface area contributed by atoms with Gasteiger partial charge in [0.1, 0.15) is 5.75 Å². The number of nitrogen functional groups attached to an aromatic ring is 1. The monoisotopic (exact) mass is 332 g/mol. The first kappa shape index (κ1) is 13.7. The summed E-state index contributed by atoms with van der Waals surface area (Å²) < 4.78 is 43.1. The molecule has 19 heavy (non-hydrogen) atoms. The highest BCUT2D eigenvalue weighted by atomic mass is 79.9. The molecule has 0 aliphatic rings. The van der Waals surface area contributed by atoms with Crippen molar-refractivity contribution in [3.05, 3.63) is 46.7 Å². The fourth-order valence-electron chi connectivity index (χ4n) is 1.38. The molecule has 0 spiro atoms. The SMILES string of the molecule is Nc1cncc(Br)c1Oc1ccc(C(F)(F)F)cc1. The molecule has 1 aromatic heterocycles. The number of aromatic nitrogens is 1. The van der Waals surface area contributed by atoms with E-state index in [1.807, 2.05) is 0 Å². The molecule has 1 heterocycles. The number of benzene rings is 1. The van der Waals surface area contributed by atoms with E-state index in [1.165, 1.54) is 24.5 Å². The number of hydrogen-bond donors (Lipinski definition) is 1. The third-order valence-corrected chi connectivity index (χ3v) is 2.85. The van der Waals surface area contributed by atoms with Crippen molar-refractivity contribution < 1.29 is 17.9 Å². The van der Waals surface area contributed by atoms with E-state index in [0.717, 1.165) is 12.1 Å². The molecule has 0 saturated heterocycles. The van der Waals surface area contributed by atoms with Crippen molar-refractivity contribution in [2.24, 2.45) is 0 Å². The summed E-state index contributed by atoms with van der Waals surface area (Å²) in [6.07, 6.45) is -1.49. The van der Waals surface area contributed by atoms with E-state index in [2.05, 4.69) is 20.9 Å². The highest BCUT2D eigenvalue weighted by molar-refractivity contribution is 9.10. The number of alkyl halides is 3. The molecule has 0 atom stereocenters. The van der Waals surface area contributed by atoms with E-state index in [-0.39, 0.29) is 11.4 Å². The van der Waals surface area contributed by atoms with Crippen LogP contribution in [0.2, 0.25) is 0 Å². The first-order valence-electron chi connectivity index (χ1n) is 5.12. The van der Waals surface area contributed by atoms with Crippen molar-refractivity contribution in [1.29, 1.82) is 0 Å². The molecule has 2 N–H and O–H groups in total. The minimum atomic E-state index is -4.37. The Balaban J connectivity index is 2.25. The van der Waals surface area contributed by atoms with Crippen LogP contribution in [0.3, 0.4) is 0 Å². The molecule has 0 aliphatic heterocycles. The lowest BCUT2D eigenvalue weighted by molar-refractivity contribution is -0.137. The molecule has 2 rings (SSSR count). The summed E-state index contributed by atoms with van der Waals surface area (Å²) in [4.78, 5) is 3.83. The van der Waals surface area contributed by atoms with Crippen LogP contribution >= 0.6 is 15.9 Å². The highest BCUT2D eigenvalue weighted by Crippen LogP contribution is 2.35. The van der Waals surface area contributed by atoms with Gasteiger partial charge in [-0.15, -0.1) is 0 Å². The van der Waals surface area contributed by atoms with Gasteiger partial charge in [0.05, 0.1) is 21.9 Å². The van der Waals surface area contributed by atoms with Crippen molar-refractivity contribution in [2.75, 3.05) is 5.73 Å². The van der Waals surface area contributed by atoms with Crippen LogP contribution in [-0.2, 0) is 6.18 Å². The number of halogens is 4. The number of hydrogen-bond acceptors (Lipinski definition) is 3. The summed E-state index contributed by atoms with van der Waals surface area (Å²) in [7, 11) is 0. The number of ether oxygens (including phenoxy) is 1. The lowest BCUT2D eigenvalue weighted by Gasteiger charge is -2.11. The Hall–Kier alpha value is -1.76. The Labute approximate surface area is 115 Å². The van der Waals surface area contributed by atoms with Crippen LogP contribution in [0.25, 0.3) is 0 Å². The standard InChI is InChI=1S/C12H8BrF3N2O/c13-9-5-18-6-10(17)11(9)19-8-3-1-7(2-4-8)12(14,15)16/h1-6H,17H2. The van der Waals surface area contributed by atoms with E-state index in [4.69, 9.17) is 10.5 Å². The molecule has 0 fully saturated rings. The van der Waals surface area contributed by atoms with Gasteiger partial charge in [0.15, 0.2) is 5.75 Å². The second-order valence-corrected chi connectivity index (χ2v) is 4.52. The van der Waals surface area contributed by atoms with Gasteiger partial charge in [-0.3, -0.25) is 4.98 Å². The van der Waals surface area contributed by atoms with Crippen molar-refractivity contribution in [2.45, 2.75) is 6.18 Å². The van der Waals surface area contributed by atoms with Gasteiger partial charge >= 0.3 is 6.18 Å². The molecule has 0 unspecified atom stereocenters. The highest BCUT2D eigenvalue weighted by Gasteiger charge is 2.30. The van der Waals surface area contributed by atoms with Gasteiger partial charge in [0.25, 0.3) is 0 Å². The van der Waals surface area contributed by atoms with Gasteiger partial charge < -0.3 is 10.5 Å². The van der Waals surface area contributed by atoms with Crippen molar-refractivity contribution in [3.8, 4) is 11.5 Å². The first-order valence-corrected chi connectivity index (χ1v) is 5.91. The van der Waals surface area contributed by atoms with E-state index in [9.17, 15) is 13.2 Å². The van der Waals surface area contributed by atoms with Crippen LogP contribution in [0.4, 0.5) is 18.9 Å². The second-order valence-electron chi connectivity index (χ2n) is 3.66. The summed E-state index contributed by atoms with van der Waals surface area (Å²) in [5.74, 6) is 0.571. The zero-order valence-electron chi connectivity index (χ0n) is 9.41. The molecule has 1 aromatic carbocycles. The largest absolute Gasteiger partial charge is 0.454 e. The van der Waals surface area contributed by atoms with Crippen molar-refractivity contribution in [3.63, 3.8) is 0 Å². The topological polar surface area (TPSA) is 48.1 Å². The van der Waals surface area contributed by atoms with E-state index < -0.39 is 11.7 Å². The van der Waals surface area contributed by atoms with Gasteiger partial charge in [-0.25, -0.2) is 0 Å². The maximum Gasteiger partial charge on any atom is 0.416 e. The van der Waals surface area contributed by atoms with Crippen LogP contribution in [0.1, 0.15) is 5.56 Å². The van der Waals surface area contributed by atoms with Gasteiger partial charge in [0.2, 0.25) is 0 Å². The summed E-state index contributed by atoms with van der Waals surface area (Å²) in [6.45, 7) is 0. The van der Waals surface area contributed by atoms with Gasteiger partial charge in [0, 0.05) is 6.20 Å². The minimum Gasteiger partial charge on any atom is -0.454 e. The van der Waals surface area contributed by atoms with Crippen LogP contribution < -0.4 is 10.5 Å². The average molecular weight is 333 g/mol. The van der Waals surface area contributed by atoms with Crippen LogP contribution in [0, 0.1) is 0 Å². The second kappa shape index (κ2) is 5.08. The van der Waals surface area contributed by atoms with E-state index in [0.29, 0.717) is 10.2 Å². The first-order chi connectivity index (χ1) is 8.88. The lowest BCUT2D eigenvalue weighted by atomic mass is 10.2. The molecule has 0 bridgehead atoms. The van der Waals surface area contributed by atoms with Gasteiger partial charge in [-0.05, 0) is 40.2 Å². The van der Waals surface area contributed by atoms with Crippen LogP contribution in [0.15, 0.2) is 41.1 Å². The van der Waals surface area contributed by atoms with Crippen molar-refractivity contribution >= 4 is 21.6 Å². The van der Waals surface area contributed by atoms with Gasteiger partial charge in [-0.2, -0.15) is 13.2 Å². The maximum absolute atomic E-state index is 12.4. The van der Waals surface area contributed by atoms with Crippen molar-refractivity contribution in [1.82, 2.24) is 4.98 Å². The molecule has 3 nitrogen and oxygen atoms in total. The Bertz CT molecular complexity index is 564. The molecule has 0 radical (unpaired) electrons. The number of rotatable bonds is 2.